The molecule has 1 aliphatic rings. The third-order valence-corrected chi connectivity index (χ3v) is 1.36. The van der Waals surface area contributed by atoms with Crippen LogP contribution in [-0.2, 0) is 4.79 Å². The van der Waals surface area contributed by atoms with E-state index < -0.39 is 0 Å². The van der Waals surface area contributed by atoms with E-state index in [1.165, 1.54) is 0 Å². The Morgan fingerprint density at radius 3 is 3.00 bits per heavy atom. The monoisotopic (exact) mass is 137 g/mol. The summed E-state index contributed by atoms with van der Waals surface area (Å²) in [5, 5.41) is 12.1. The molecule has 0 aromatic carbocycles. The van der Waals surface area contributed by atoms with Crippen LogP contribution < -0.4 is 5.43 Å². The topological polar surface area (TPSA) is 65.2 Å². The highest BCUT2D eigenvalue weighted by Crippen LogP contribution is 2.05. The van der Waals surface area contributed by atoms with Crippen LogP contribution in [0, 0.1) is 17.2 Å². The van der Waals surface area contributed by atoms with Gasteiger partial charge in [-0.25, -0.2) is 5.43 Å². The fourth-order valence-electron chi connectivity index (χ4n) is 0.702. The molecule has 1 rings (SSSR count). The van der Waals surface area contributed by atoms with Gasteiger partial charge in [0.05, 0.1) is 24.1 Å². The number of carbonyl (C=O) groups excluding carboxylic acids is 1. The Hall–Kier alpha value is -1.37. The lowest BCUT2D eigenvalue weighted by Crippen LogP contribution is -2.10. The van der Waals surface area contributed by atoms with Crippen molar-refractivity contribution in [3.8, 4) is 6.07 Å². The fraction of sp³-hybridized carbons (Fsp3) is 0.500. The van der Waals surface area contributed by atoms with Gasteiger partial charge in [0.2, 0.25) is 5.91 Å². The molecule has 4 heteroatoms. The Balaban J connectivity index is 2.61. The van der Waals surface area contributed by atoms with Crippen LogP contribution in [0.25, 0.3) is 0 Å². The molecule has 1 aliphatic heterocycles. The molecule has 1 atom stereocenters. The first kappa shape index (κ1) is 6.75. The third kappa shape index (κ3) is 1.13. The maximum atomic E-state index is 10.5. The Bertz CT molecular complexity index is 226. The second-order valence-corrected chi connectivity index (χ2v) is 2.17. The molecule has 52 valence electrons. The summed E-state index contributed by atoms with van der Waals surface area (Å²) in [6, 6.07) is 2.00. The third-order valence-electron chi connectivity index (χ3n) is 1.36. The number of amides is 1. The zero-order valence-corrected chi connectivity index (χ0v) is 5.59. The number of nitrogens with one attached hydrogen (secondary N) is 1. The molecular weight excluding hydrogens is 130 g/mol. The quantitative estimate of drug-likeness (QED) is 0.553. The van der Waals surface area contributed by atoms with Gasteiger partial charge in [0.15, 0.2) is 0 Å². The highest BCUT2D eigenvalue weighted by atomic mass is 16.2. The van der Waals surface area contributed by atoms with Gasteiger partial charge in [0.1, 0.15) is 0 Å². The Kier molecular flexibility index (Phi) is 1.67. The van der Waals surface area contributed by atoms with Gasteiger partial charge in [-0.1, -0.05) is 0 Å². The number of nitrogens with zero attached hydrogens (tertiary/aromatic N) is 2. The molecule has 0 aliphatic carbocycles. The second kappa shape index (κ2) is 2.48. The van der Waals surface area contributed by atoms with Crippen molar-refractivity contribution in [1.82, 2.24) is 5.43 Å². The van der Waals surface area contributed by atoms with Crippen molar-refractivity contribution >= 4 is 11.6 Å². The summed E-state index contributed by atoms with van der Waals surface area (Å²) in [4.78, 5) is 10.5. The van der Waals surface area contributed by atoms with Crippen molar-refractivity contribution in [2.75, 3.05) is 0 Å². The molecule has 10 heavy (non-hydrogen) atoms. The van der Waals surface area contributed by atoms with Crippen LogP contribution in [0.3, 0.4) is 0 Å². The number of hydrogen-bond donors (Lipinski definition) is 1. The highest BCUT2D eigenvalue weighted by Gasteiger charge is 2.19. The molecule has 1 amide bonds. The van der Waals surface area contributed by atoms with E-state index in [4.69, 9.17) is 5.26 Å². The van der Waals surface area contributed by atoms with Gasteiger partial charge in [-0.2, -0.15) is 10.4 Å². The first-order valence-electron chi connectivity index (χ1n) is 2.99. The molecule has 0 fully saturated rings. The molecule has 1 heterocycles. The zero-order chi connectivity index (χ0) is 7.56. The molecule has 0 aromatic heterocycles. The van der Waals surface area contributed by atoms with Crippen molar-refractivity contribution in [3.63, 3.8) is 0 Å². The lowest BCUT2D eigenvalue weighted by molar-refractivity contribution is -0.119. The lowest BCUT2D eigenvalue weighted by Gasteiger charge is -1.94. The molecule has 0 saturated heterocycles. The minimum Gasteiger partial charge on any atom is -0.273 e. The number of carbonyl (C=O) groups is 1. The van der Waals surface area contributed by atoms with Gasteiger partial charge < -0.3 is 0 Å². The van der Waals surface area contributed by atoms with Gasteiger partial charge in [-0.3, -0.25) is 4.79 Å². The molecule has 0 bridgehead atoms. The van der Waals surface area contributed by atoms with Crippen LogP contribution in [0.15, 0.2) is 5.10 Å². The van der Waals surface area contributed by atoms with Crippen LogP contribution in [-0.4, -0.2) is 11.6 Å². The van der Waals surface area contributed by atoms with E-state index in [0.29, 0.717) is 5.71 Å². The number of hydrazone groups is 1. The smallest absolute Gasteiger partial charge is 0.245 e. The molecule has 4 nitrogen and oxygen atoms in total. The SMILES string of the molecule is CC(C#N)C1=NNC(=O)C1. The second-order valence-electron chi connectivity index (χ2n) is 2.17. The van der Waals surface area contributed by atoms with Gasteiger partial charge in [0, 0.05) is 0 Å². The van der Waals surface area contributed by atoms with E-state index in [0.717, 1.165) is 0 Å². The normalized spacial score (nSPS) is 19.2. The molecule has 0 saturated carbocycles. The number of rotatable bonds is 1. The van der Waals surface area contributed by atoms with Crippen molar-refractivity contribution in [2.24, 2.45) is 11.0 Å². The minimum absolute atomic E-state index is 0.128. The molecule has 0 aromatic rings. The first-order chi connectivity index (χ1) is 4.74. The minimum atomic E-state index is -0.251. The summed E-state index contributed by atoms with van der Waals surface area (Å²) in [7, 11) is 0. The highest BCUT2D eigenvalue weighted by molar-refractivity contribution is 6.06. The number of nitriles is 1. The molecule has 1 unspecified atom stereocenters. The largest absolute Gasteiger partial charge is 0.273 e. The van der Waals surface area contributed by atoms with Gasteiger partial charge in [0.25, 0.3) is 0 Å². The maximum Gasteiger partial charge on any atom is 0.245 e. The van der Waals surface area contributed by atoms with E-state index >= 15 is 0 Å². The van der Waals surface area contributed by atoms with Crippen LogP contribution in [0.1, 0.15) is 13.3 Å². The van der Waals surface area contributed by atoms with Gasteiger partial charge in [-0.05, 0) is 6.92 Å². The average molecular weight is 137 g/mol. The van der Waals surface area contributed by atoms with Crippen LogP contribution in [0.5, 0.6) is 0 Å². The zero-order valence-electron chi connectivity index (χ0n) is 5.59. The molecule has 0 radical (unpaired) electrons. The summed E-state index contributed by atoms with van der Waals surface area (Å²) in [6.45, 7) is 1.72. The van der Waals surface area contributed by atoms with Crippen LogP contribution in [0.4, 0.5) is 0 Å². The van der Waals surface area contributed by atoms with Crippen molar-refractivity contribution < 1.29 is 4.79 Å². The van der Waals surface area contributed by atoms with Crippen LogP contribution >= 0.6 is 0 Å². The predicted molar refractivity (Wildman–Crippen MR) is 35.0 cm³/mol. The fourth-order valence-corrected chi connectivity index (χ4v) is 0.702. The van der Waals surface area contributed by atoms with Gasteiger partial charge >= 0.3 is 0 Å². The van der Waals surface area contributed by atoms with Crippen molar-refractivity contribution in [1.29, 1.82) is 5.26 Å². The van der Waals surface area contributed by atoms with E-state index in [9.17, 15) is 4.79 Å². The number of hydrogen-bond acceptors (Lipinski definition) is 3. The average Bonchev–Trinajstić information content (AvgIpc) is 2.34. The summed E-state index contributed by atoms with van der Waals surface area (Å²) in [5.41, 5.74) is 2.91. The lowest BCUT2D eigenvalue weighted by atomic mass is 10.1. The molecular formula is C6H7N3O. The Labute approximate surface area is 58.5 Å². The summed E-state index contributed by atoms with van der Waals surface area (Å²) in [6.07, 6.45) is 0.273. The van der Waals surface area contributed by atoms with E-state index in [1.807, 2.05) is 6.07 Å². The molecule has 0 spiro atoms. The Morgan fingerprint density at radius 2 is 2.60 bits per heavy atom. The Morgan fingerprint density at radius 1 is 1.90 bits per heavy atom. The summed E-state index contributed by atoms with van der Waals surface area (Å²) >= 11 is 0. The maximum absolute atomic E-state index is 10.5. The standard InChI is InChI=1S/C6H7N3O/c1-4(3-7)5-2-6(10)9-8-5/h4H,2H2,1H3,(H,9,10). The summed E-state index contributed by atoms with van der Waals surface area (Å²) < 4.78 is 0. The van der Waals surface area contributed by atoms with Crippen molar-refractivity contribution in [3.05, 3.63) is 0 Å². The predicted octanol–water partition coefficient (Wildman–Crippen LogP) is 0.0220. The van der Waals surface area contributed by atoms with Gasteiger partial charge in [-0.15, -0.1) is 0 Å². The van der Waals surface area contributed by atoms with E-state index in [2.05, 4.69) is 10.5 Å². The van der Waals surface area contributed by atoms with Crippen LogP contribution in [0.2, 0.25) is 0 Å². The van der Waals surface area contributed by atoms with E-state index in [-0.39, 0.29) is 18.2 Å². The summed E-state index contributed by atoms with van der Waals surface area (Å²) in [5.74, 6) is -0.379. The van der Waals surface area contributed by atoms with E-state index in [1.54, 1.807) is 6.92 Å². The first-order valence-corrected chi connectivity index (χ1v) is 2.99. The molecule has 1 N–H and O–H groups in total. The van der Waals surface area contributed by atoms with Crippen molar-refractivity contribution in [2.45, 2.75) is 13.3 Å².